The highest BCUT2D eigenvalue weighted by Gasteiger charge is 2.18. The van der Waals surface area contributed by atoms with Crippen molar-refractivity contribution in [2.75, 3.05) is 0 Å². The molecule has 6 heteroatoms. The molecule has 216 valence electrons. The maximum Gasteiger partial charge on any atom is 0.227 e. The second-order valence-electron chi connectivity index (χ2n) is 11.1. The molecule has 0 bridgehead atoms. The lowest BCUT2D eigenvalue weighted by molar-refractivity contribution is 0.620. The maximum absolute atomic E-state index is 6.08. The van der Waals surface area contributed by atoms with Crippen molar-refractivity contribution in [3.63, 3.8) is 0 Å². The molecule has 0 radical (unpaired) electrons. The fraction of sp³-hybridized carbons (Fsp3) is 0. The molecule has 0 spiro atoms. The molecule has 3 aromatic heterocycles. The van der Waals surface area contributed by atoms with E-state index in [-0.39, 0.29) is 0 Å². The molecule has 0 aliphatic rings. The van der Waals surface area contributed by atoms with Crippen LogP contribution in [-0.4, -0.2) is 19.9 Å². The molecule has 0 saturated heterocycles. The molecule has 3 heterocycles. The number of aromatic nitrogens is 4. The van der Waals surface area contributed by atoms with Crippen molar-refractivity contribution in [1.82, 2.24) is 19.9 Å². The molecular formula is C40H24N4OS. The van der Waals surface area contributed by atoms with E-state index in [0.717, 1.165) is 59.1 Å². The van der Waals surface area contributed by atoms with Crippen LogP contribution in [0, 0.1) is 0 Å². The van der Waals surface area contributed by atoms with Gasteiger partial charge in [-0.2, -0.15) is 0 Å². The number of rotatable bonds is 5. The van der Waals surface area contributed by atoms with Gasteiger partial charge in [0.2, 0.25) is 5.89 Å². The smallest absolute Gasteiger partial charge is 0.227 e. The van der Waals surface area contributed by atoms with E-state index in [2.05, 4.69) is 84.9 Å². The van der Waals surface area contributed by atoms with E-state index in [1.165, 1.54) is 5.56 Å². The first-order valence-electron chi connectivity index (χ1n) is 15.1. The van der Waals surface area contributed by atoms with Crippen molar-refractivity contribution in [2.45, 2.75) is 0 Å². The molecular weight excluding hydrogens is 585 g/mol. The highest BCUT2D eigenvalue weighted by Crippen LogP contribution is 2.41. The third kappa shape index (κ3) is 4.64. The fourth-order valence-electron chi connectivity index (χ4n) is 5.92. The number of fused-ring (bicyclic) bond motifs is 4. The van der Waals surface area contributed by atoms with Gasteiger partial charge >= 0.3 is 0 Å². The molecule has 9 aromatic rings. The minimum absolute atomic E-state index is 0.619. The van der Waals surface area contributed by atoms with Crippen LogP contribution in [0.2, 0.25) is 0 Å². The van der Waals surface area contributed by atoms with Gasteiger partial charge in [-0.05, 0) is 41.5 Å². The Bertz CT molecular complexity index is 2490. The summed E-state index contributed by atoms with van der Waals surface area (Å²) >= 11 is 1.75. The molecule has 0 saturated carbocycles. The summed E-state index contributed by atoms with van der Waals surface area (Å²) in [7, 11) is 0. The summed E-state index contributed by atoms with van der Waals surface area (Å²) in [6.45, 7) is 0. The number of benzene rings is 6. The largest absolute Gasteiger partial charge is 0.436 e. The topological polar surface area (TPSA) is 64.7 Å². The third-order valence-corrected chi connectivity index (χ3v) is 9.31. The van der Waals surface area contributed by atoms with Gasteiger partial charge in [-0.15, -0.1) is 11.3 Å². The molecule has 0 amide bonds. The number of hydrogen-bond acceptors (Lipinski definition) is 6. The van der Waals surface area contributed by atoms with Crippen LogP contribution < -0.4 is 0 Å². The predicted octanol–water partition coefficient (Wildman–Crippen LogP) is 10.7. The Morgan fingerprint density at radius 1 is 0.435 bits per heavy atom. The van der Waals surface area contributed by atoms with Gasteiger partial charge in [-0.25, -0.2) is 19.9 Å². The summed E-state index contributed by atoms with van der Waals surface area (Å²) in [6.07, 6.45) is 0. The highest BCUT2D eigenvalue weighted by atomic mass is 32.1. The summed E-state index contributed by atoms with van der Waals surface area (Å²) in [4.78, 5) is 19.8. The van der Waals surface area contributed by atoms with Crippen LogP contribution in [0.3, 0.4) is 0 Å². The van der Waals surface area contributed by atoms with Crippen molar-refractivity contribution >= 4 is 42.6 Å². The average molecular weight is 609 g/mol. The zero-order chi connectivity index (χ0) is 30.5. The predicted molar refractivity (Wildman–Crippen MR) is 187 cm³/mol. The van der Waals surface area contributed by atoms with E-state index >= 15 is 0 Å². The quantitative estimate of drug-likeness (QED) is 0.194. The number of para-hydroxylation sites is 2. The first-order valence-corrected chi connectivity index (χ1v) is 15.9. The van der Waals surface area contributed by atoms with Crippen molar-refractivity contribution in [1.29, 1.82) is 0 Å². The number of oxazole rings is 1. The standard InChI is InChI=1S/C40H24N4OS/c1-3-10-25(11-4-1)26-18-20-28(21-19-26)38-42-37(27-12-5-2-6-13-27)43-39(44-38)31-14-9-17-34-36(31)30-23-22-29(24-35(30)46-34)40-41-32-15-7-8-16-33(32)45-40/h1-24H. The van der Waals surface area contributed by atoms with Crippen LogP contribution in [0.4, 0.5) is 0 Å². The minimum atomic E-state index is 0.619. The lowest BCUT2D eigenvalue weighted by Crippen LogP contribution is -2.00. The summed E-state index contributed by atoms with van der Waals surface area (Å²) < 4.78 is 8.39. The number of nitrogens with zero attached hydrogens (tertiary/aromatic N) is 4. The van der Waals surface area contributed by atoms with Crippen LogP contribution in [0.25, 0.3) is 88.0 Å². The summed E-state index contributed by atoms with van der Waals surface area (Å²) in [5.74, 6) is 2.54. The summed E-state index contributed by atoms with van der Waals surface area (Å²) in [5.41, 5.74) is 7.75. The molecule has 0 aliphatic carbocycles. The third-order valence-electron chi connectivity index (χ3n) is 8.20. The highest BCUT2D eigenvalue weighted by molar-refractivity contribution is 7.26. The zero-order valence-corrected chi connectivity index (χ0v) is 25.3. The Kier molecular flexibility index (Phi) is 6.25. The van der Waals surface area contributed by atoms with Crippen molar-refractivity contribution < 1.29 is 4.42 Å². The molecule has 0 aliphatic heterocycles. The first kappa shape index (κ1) is 26.4. The van der Waals surface area contributed by atoms with Gasteiger partial charge in [-0.3, -0.25) is 0 Å². The van der Waals surface area contributed by atoms with E-state index in [4.69, 9.17) is 24.4 Å². The molecule has 0 unspecified atom stereocenters. The van der Waals surface area contributed by atoms with E-state index in [9.17, 15) is 0 Å². The Morgan fingerprint density at radius 2 is 1.04 bits per heavy atom. The normalized spacial score (nSPS) is 11.5. The Labute approximate surface area is 268 Å². The van der Waals surface area contributed by atoms with Gasteiger partial charge < -0.3 is 4.42 Å². The van der Waals surface area contributed by atoms with Gasteiger partial charge in [-0.1, -0.05) is 115 Å². The van der Waals surface area contributed by atoms with Crippen molar-refractivity contribution in [2.24, 2.45) is 0 Å². The van der Waals surface area contributed by atoms with Crippen LogP contribution >= 0.6 is 11.3 Å². The molecule has 6 aromatic carbocycles. The number of thiophene rings is 1. The van der Waals surface area contributed by atoms with E-state index < -0.39 is 0 Å². The van der Waals surface area contributed by atoms with Crippen LogP contribution in [-0.2, 0) is 0 Å². The lowest BCUT2D eigenvalue weighted by Gasteiger charge is -2.10. The second kappa shape index (κ2) is 10.9. The molecule has 5 nitrogen and oxygen atoms in total. The zero-order valence-electron chi connectivity index (χ0n) is 24.5. The van der Waals surface area contributed by atoms with E-state index in [0.29, 0.717) is 23.4 Å². The Balaban J connectivity index is 1.19. The van der Waals surface area contributed by atoms with Crippen molar-refractivity contribution in [3.05, 3.63) is 146 Å². The van der Waals surface area contributed by atoms with Crippen LogP contribution in [0.5, 0.6) is 0 Å². The Hall–Kier alpha value is -5.98. The molecule has 0 N–H and O–H groups in total. The van der Waals surface area contributed by atoms with Crippen LogP contribution in [0.15, 0.2) is 150 Å². The average Bonchev–Trinajstić information content (AvgIpc) is 3.74. The van der Waals surface area contributed by atoms with Gasteiger partial charge in [0.15, 0.2) is 23.1 Å². The van der Waals surface area contributed by atoms with Gasteiger partial charge in [0, 0.05) is 42.4 Å². The van der Waals surface area contributed by atoms with Gasteiger partial charge in [0.05, 0.1) is 0 Å². The summed E-state index contributed by atoms with van der Waals surface area (Å²) in [5, 5.41) is 2.27. The summed E-state index contributed by atoms with van der Waals surface area (Å²) in [6, 6.07) is 49.5. The molecule has 46 heavy (non-hydrogen) atoms. The lowest BCUT2D eigenvalue weighted by atomic mass is 10.0. The Morgan fingerprint density at radius 3 is 1.80 bits per heavy atom. The maximum atomic E-state index is 6.08. The second-order valence-corrected chi connectivity index (χ2v) is 12.2. The van der Waals surface area contributed by atoms with E-state index in [1.807, 2.05) is 60.7 Å². The molecule has 9 rings (SSSR count). The van der Waals surface area contributed by atoms with Gasteiger partial charge in [0.25, 0.3) is 0 Å². The number of hydrogen-bond donors (Lipinski definition) is 0. The molecule has 0 atom stereocenters. The SMILES string of the molecule is c1ccc(-c2ccc(-c3nc(-c4ccccc4)nc(-c4cccc5sc6cc(-c7nc8ccccc8o7)ccc6c45)n3)cc2)cc1. The molecule has 0 fully saturated rings. The minimum Gasteiger partial charge on any atom is -0.436 e. The van der Waals surface area contributed by atoms with Crippen LogP contribution in [0.1, 0.15) is 0 Å². The first-order chi connectivity index (χ1) is 22.8. The van der Waals surface area contributed by atoms with Crippen molar-refractivity contribution in [3.8, 4) is 56.7 Å². The van der Waals surface area contributed by atoms with E-state index in [1.54, 1.807) is 11.3 Å². The monoisotopic (exact) mass is 608 g/mol. The fourth-order valence-corrected chi connectivity index (χ4v) is 7.10. The van der Waals surface area contributed by atoms with Gasteiger partial charge in [0.1, 0.15) is 5.52 Å².